The SMILES string of the molecule is CCOC(=O)c1cc(C(=O)Nc2ccc([N+](=O)[O-])cc2OC)nn1C. The van der Waals surface area contributed by atoms with Crippen molar-refractivity contribution in [2.75, 3.05) is 19.0 Å². The van der Waals surface area contributed by atoms with E-state index in [1.54, 1.807) is 6.92 Å². The molecule has 132 valence electrons. The largest absolute Gasteiger partial charge is 0.494 e. The molecule has 2 aromatic rings. The molecule has 0 aliphatic rings. The highest BCUT2D eigenvalue weighted by molar-refractivity contribution is 6.05. The van der Waals surface area contributed by atoms with Gasteiger partial charge in [-0.3, -0.25) is 19.6 Å². The van der Waals surface area contributed by atoms with Crippen LogP contribution in [0.25, 0.3) is 0 Å². The number of nitro benzene ring substituents is 1. The molecular formula is C15H16N4O6. The zero-order valence-corrected chi connectivity index (χ0v) is 13.8. The van der Waals surface area contributed by atoms with Crippen molar-refractivity contribution in [3.63, 3.8) is 0 Å². The highest BCUT2D eigenvalue weighted by Crippen LogP contribution is 2.29. The average Bonchev–Trinajstić information content (AvgIpc) is 2.97. The predicted molar refractivity (Wildman–Crippen MR) is 86.8 cm³/mol. The van der Waals surface area contributed by atoms with Crippen molar-refractivity contribution in [3.8, 4) is 5.75 Å². The number of amides is 1. The van der Waals surface area contributed by atoms with Gasteiger partial charge in [0.1, 0.15) is 11.4 Å². The van der Waals surface area contributed by atoms with Crippen molar-refractivity contribution >= 4 is 23.3 Å². The van der Waals surface area contributed by atoms with E-state index < -0.39 is 16.8 Å². The Balaban J connectivity index is 2.24. The van der Waals surface area contributed by atoms with E-state index in [9.17, 15) is 19.7 Å². The fourth-order valence-corrected chi connectivity index (χ4v) is 2.06. The molecule has 1 heterocycles. The zero-order chi connectivity index (χ0) is 18.6. The minimum Gasteiger partial charge on any atom is -0.494 e. The Morgan fingerprint density at radius 2 is 2.08 bits per heavy atom. The van der Waals surface area contributed by atoms with Gasteiger partial charge in [-0.05, 0) is 13.0 Å². The normalized spacial score (nSPS) is 10.2. The molecule has 1 amide bonds. The van der Waals surface area contributed by atoms with Crippen LogP contribution in [0.1, 0.15) is 27.9 Å². The third kappa shape index (κ3) is 3.91. The Morgan fingerprint density at radius 3 is 2.68 bits per heavy atom. The van der Waals surface area contributed by atoms with Gasteiger partial charge in [-0.2, -0.15) is 5.10 Å². The van der Waals surface area contributed by atoms with Crippen LogP contribution in [-0.2, 0) is 11.8 Å². The number of methoxy groups -OCH3 is 1. The van der Waals surface area contributed by atoms with Crippen molar-refractivity contribution in [2.24, 2.45) is 7.05 Å². The maximum atomic E-state index is 12.3. The lowest BCUT2D eigenvalue weighted by Crippen LogP contribution is -2.13. The molecule has 0 bridgehead atoms. The van der Waals surface area contributed by atoms with Crippen molar-refractivity contribution in [2.45, 2.75) is 6.92 Å². The maximum Gasteiger partial charge on any atom is 0.356 e. The molecule has 1 N–H and O–H groups in total. The number of nitro groups is 1. The van der Waals surface area contributed by atoms with Crippen molar-refractivity contribution < 1.29 is 24.0 Å². The van der Waals surface area contributed by atoms with E-state index in [4.69, 9.17) is 9.47 Å². The lowest BCUT2D eigenvalue weighted by Gasteiger charge is -2.08. The van der Waals surface area contributed by atoms with Crippen LogP contribution in [0.15, 0.2) is 24.3 Å². The minimum absolute atomic E-state index is 0.00837. The fraction of sp³-hybridized carbons (Fsp3) is 0.267. The molecular weight excluding hydrogens is 332 g/mol. The first-order valence-electron chi connectivity index (χ1n) is 7.22. The third-order valence-electron chi connectivity index (χ3n) is 3.24. The number of nitrogens with one attached hydrogen (secondary N) is 1. The van der Waals surface area contributed by atoms with Gasteiger partial charge in [0.25, 0.3) is 11.6 Å². The molecule has 0 fully saturated rings. The van der Waals surface area contributed by atoms with Gasteiger partial charge < -0.3 is 14.8 Å². The number of benzene rings is 1. The second-order valence-corrected chi connectivity index (χ2v) is 4.85. The minimum atomic E-state index is -0.599. The van der Waals surface area contributed by atoms with E-state index in [0.29, 0.717) is 0 Å². The van der Waals surface area contributed by atoms with Crippen molar-refractivity contribution in [3.05, 3.63) is 45.8 Å². The molecule has 10 nitrogen and oxygen atoms in total. The first-order chi connectivity index (χ1) is 11.9. The molecule has 2 rings (SSSR count). The van der Waals surface area contributed by atoms with Crippen molar-refractivity contribution in [1.29, 1.82) is 0 Å². The molecule has 1 aromatic heterocycles. The number of non-ortho nitro benzene ring substituents is 1. The topological polar surface area (TPSA) is 126 Å². The summed E-state index contributed by atoms with van der Waals surface area (Å²) in [6.45, 7) is 1.87. The first kappa shape index (κ1) is 17.9. The number of carbonyl (C=O) groups excluding carboxylic acids is 2. The number of ether oxygens (including phenoxy) is 2. The summed E-state index contributed by atoms with van der Waals surface area (Å²) in [6.07, 6.45) is 0. The summed E-state index contributed by atoms with van der Waals surface area (Å²) in [5, 5.41) is 17.3. The molecule has 0 aliphatic heterocycles. The monoisotopic (exact) mass is 348 g/mol. The van der Waals surface area contributed by atoms with Crippen LogP contribution < -0.4 is 10.1 Å². The molecule has 0 saturated heterocycles. The summed E-state index contributed by atoms with van der Waals surface area (Å²) >= 11 is 0. The van der Waals surface area contributed by atoms with Gasteiger partial charge in [-0.15, -0.1) is 0 Å². The first-order valence-corrected chi connectivity index (χ1v) is 7.22. The van der Waals surface area contributed by atoms with Gasteiger partial charge in [0.2, 0.25) is 0 Å². The lowest BCUT2D eigenvalue weighted by molar-refractivity contribution is -0.384. The number of rotatable bonds is 6. The summed E-state index contributed by atoms with van der Waals surface area (Å²) in [5.74, 6) is -1.06. The molecule has 0 unspecified atom stereocenters. The summed E-state index contributed by atoms with van der Waals surface area (Å²) in [4.78, 5) is 34.3. The van der Waals surface area contributed by atoms with E-state index in [-0.39, 0.29) is 35.1 Å². The number of aryl methyl sites for hydroxylation is 1. The number of hydrogen-bond acceptors (Lipinski definition) is 7. The molecule has 0 atom stereocenters. The molecule has 0 spiro atoms. The van der Waals surface area contributed by atoms with Crippen LogP contribution in [0.3, 0.4) is 0 Å². The van der Waals surface area contributed by atoms with Gasteiger partial charge in [0, 0.05) is 19.2 Å². The number of aromatic nitrogens is 2. The van der Waals surface area contributed by atoms with E-state index in [1.807, 2.05) is 0 Å². The van der Waals surface area contributed by atoms with E-state index in [0.717, 1.165) is 0 Å². The van der Waals surface area contributed by atoms with E-state index >= 15 is 0 Å². The van der Waals surface area contributed by atoms with Crippen LogP contribution in [0, 0.1) is 10.1 Å². The standard InChI is InChI=1S/C15H16N4O6/c1-4-25-15(21)12-8-11(17-18(12)2)14(20)16-10-6-5-9(19(22)23)7-13(10)24-3/h5-8H,4H2,1-3H3,(H,16,20). The smallest absolute Gasteiger partial charge is 0.356 e. The molecule has 25 heavy (non-hydrogen) atoms. The van der Waals surface area contributed by atoms with Crippen LogP contribution in [-0.4, -0.2) is 40.3 Å². The molecule has 10 heteroatoms. The van der Waals surface area contributed by atoms with Gasteiger partial charge in [0.05, 0.1) is 30.4 Å². The van der Waals surface area contributed by atoms with Gasteiger partial charge in [-0.1, -0.05) is 0 Å². The van der Waals surface area contributed by atoms with Crippen LogP contribution in [0.5, 0.6) is 5.75 Å². The van der Waals surface area contributed by atoms with E-state index in [2.05, 4.69) is 10.4 Å². The second-order valence-electron chi connectivity index (χ2n) is 4.85. The Hall–Kier alpha value is -3.43. The Kier molecular flexibility index (Phi) is 5.32. The Labute approximate surface area is 142 Å². The summed E-state index contributed by atoms with van der Waals surface area (Å²) < 4.78 is 11.2. The van der Waals surface area contributed by atoms with E-state index in [1.165, 1.54) is 43.1 Å². The summed E-state index contributed by atoms with van der Waals surface area (Å²) in [5.41, 5.74) is 0.187. The number of esters is 1. The van der Waals surface area contributed by atoms with Gasteiger partial charge in [0.15, 0.2) is 5.69 Å². The number of carbonyl (C=O) groups is 2. The predicted octanol–water partition coefficient (Wildman–Crippen LogP) is 1.77. The number of hydrogen-bond donors (Lipinski definition) is 1. The summed E-state index contributed by atoms with van der Waals surface area (Å²) in [7, 11) is 2.84. The van der Waals surface area contributed by atoms with Crippen LogP contribution in [0.4, 0.5) is 11.4 Å². The maximum absolute atomic E-state index is 12.3. The molecule has 1 aromatic carbocycles. The fourth-order valence-electron chi connectivity index (χ4n) is 2.06. The van der Waals surface area contributed by atoms with Crippen LogP contribution in [0.2, 0.25) is 0 Å². The highest BCUT2D eigenvalue weighted by Gasteiger charge is 2.20. The van der Waals surface area contributed by atoms with Crippen molar-refractivity contribution in [1.82, 2.24) is 9.78 Å². The zero-order valence-electron chi connectivity index (χ0n) is 13.8. The Bertz CT molecular complexity index is 829. The lowest BCUT2D eigenvalue weighted by atomic mass is 10.2. The molecule has 0 saturated carbocycles. The second kappa shape index (κ2) is 7.43. The third-order valence-corrected chi connectivity index (χ3v) is 3.24. The number of anilines is 1. The summed E-state index contributed by atoms with van der Waals surface area (Å²) in [6, 6.07) is 5.08. The van der Waals surface area contributed by atoms with Gasteiger partial charge >= 0.3 is 5.97 Å². The van der Waals surface area contributed by atoms with Gasteiger partial charge in [-0.25, -0.2) is 4.79 Å². The molecule has 0 radical (unpaired) electrons. The van der Waals surface area contributed by atoms with Crippen LogP contribution >= 0.6 is 0 Å². The quantitative estimate of drug-likeness (QED) is 0.479. The molecule has 0 aliphatic carbocycles. The average molecular weight is 348 g/mol. The number of nitrogens with zero attached hydrogens (tertiary/aromatic N) is 3. The highest BCUT2D eigenvalue weighted by atomic mass is 16.6. The Morgan fingerprint density at radius 1 is 1.36 bits per heavy atom.